The number of carbonyl (C=O) groups is 1. The first-order valence-corrected chi connectivity index (χ1v) is 8.86. The van der Waals surface area contributed by atoms with Gasteiger partial charge in [-0.2, -0.15) is 0 Å². The van der Waals surface area contributed by atoms with E-state index in [4.69, 9.17) is 0 Å². The third kappa shape index (κ3) is 4.15. The minimum Gasteiger partial charge on any atom is -0.385 e. The van der Waals surface area contributed by atoms with Gasteiger partial charge in [-0.3, -0.25) is 4.79 Å². The molecule has 2 aromatic rings. The number of Topliss-reactive ketones (excluding diaryl/α,β-unsaturated/α-hetero) is 1. The van der Waals surface area contributed by atoms with Crippen molar-refractivity contribution >= 4 is 17.9 Å². The maximum absolute atomic E-state index is 13.1. The Morgan fingerprint density at radius 2 is 1.36 bits per heavy atom. The molecule has 2 aromatic carbocycles. The Balaban J connectivity index is 1.98. The van der Waals surface area contributed by atoms with Gasteiger partial charge in [0.2, 0.25) is 0 Å². The van der Waals surface area contributed by atoms with Gasteiger partial charge in [0.15, 0.2) is 5.78 Å². The molecule has 128 valence electrons. The first kappa shape index (κ1) is 17.4. The molecular formula is C23H24O2. The number of rotatable bonds is 5. The summed E-state index contributed by atoms with van der Waals surface area (Å²) in [5.74, 6) is -0.0721. The summed E-state index contributed by atoms with van der Waals surface area (Å²) < 4.78 is 0. The van der Waals surface area contributed by atoms with Crippen molar-refractivity contribution in [2.24, 2.45) is 0 Å². The molecule has 1 saturated carbocycles. The normalized spacial score (nSPS) is 17.5. The van der Waals surface area contributed by atoms with Crippen LogP contribution in [0.5, 0.6) is 0 Å². The largest absolute Gasteiger partial charge is 0.385 e. The lowest BCUT2D eigenvalue weighted by Gasteiger charge is -2.25. The fraction of sp³-hybridized carbons (Fsp3) is 0.261. The van der Waals surface area contributed by atoms with E-state index in [1.54, 1.807) is 0 Å². The van der Waals surface area contributed by atoms with E-state index in [0.29, 0.717) is 24.0 Å². The molecule has 25 heavy (non-hydrogen) atoms. The van der Waals surface area contributed by atoms with Gasteiger partial charge in [0.1, 0.15) is 0 Å². The molecule has 0 radical (unpaired) electrons. The second-order valence-electron chi connectivity index (χ2n) is 6.77. The van der Waals surface area contributed by atoms with Gasteiger partial charge < -0.3 is 5.11 Å². The number of allylic oxidation sites excluding steroid dienone is 1. The van der Waals surface area contributed by atoms with Crippen molar-refractivity contribution in [1.82, 2.24) is 0 Å². The molecule has 1 aliphatic rings. The van der Waals surface area contributed by atoms with Crippen LogP contribution in [-0.4, -0.2) is 16.5 Å². The minimum absolute atomic E-state index is 0.0721. The zero-order valence-electron chi connectivity index (χ0n) is 14.6. The summed E-state index contributed by atoms with van der Waals surface area (Å²) in [7, 11) is 0. The number of benzene rings is 2. The topological polar surface area (TPSA) is 37.3 Å². The number of hydrogen-bond acceptors (Lipinski definition) is 2. The van der Waals surface area contributed by atoms with Crippen LogP contribution in [0.4, 0.5) is 0 Å². The van der Waals surface area contributed by atoms with Crippen LogP contribution in [0, 0.1) is 0 Å². The maximum atomic E-state index is 13.1. The third-order valence-corrected chi connectivity index (χ3v) is 4.83. The van der Waals surface area contributed by atoms with E-state index in [1.165, 1.54) is 0 Å². The molecule has 0 aliphatic heterocycles. The van der Waals surface area contributed by atoms with Crippen molar-refractivity contribution in [2.45, 2.75) is 38.2 Å². The Hall–Kier alpha value is -2.45. The SMILES string of the molecule is C/C(=C\c1ccccc1)C(=O)/C(=C/c1ccccc1)C1(O)CCCC1. The average Bonchev–Trinajstić information content (AvgIpc) is 3.08. The van der Waals surface area contributed by atoms with Crippen LogP contribution in [0.2, 0.25) is 0 Å². The van der Waals surface area contributed by atoms with Gasteiger partial charge >= 0.3 is 0 Å². The molecule has 0 saturated heterocycles. The molecule has 0 aromatic heterocycles. The molecule has 0 unspecified atom stereocenters. The smallest absolute Gasteiger partial charge is 0.187 e. The lowest BCUT2D eigenvalue weighted by atomic mass is 9.85. The van der Waals surface area contributed by atoms with E-state index in [2.05, 4.69) is 0 Å². The number of aliphatic hydroxyl groups is 1. The van der Waals surface area contributed by atoms with E-state index in [9.17, 15) is 9.90 Å². The predicted molar refractivity (Wildman–Crippen MR) is 103 cm³/mol. The zero-order chi connectivity index (χ0) is 17.7. The molecule has 1 aliphatic carbocycles. The van der Waals surface area contributed by atoms with Crippen LogP contribution in [-0.2, 0) is 4.79 Å². The molecule has 0 spiro atoms. The van der Waals surface area contributed by atoms with Gasteiger partial charge in [0, 0.05) is 5.57 Å². The third-order valence-electron chi connectivity index (χ3n) is 4.83. The van der Waals surface area contributed by atoms with Gasteiger partial charge in [-0.25, -0.2) is 0 Å². The summed E-state index contributed by atoms with van der Waals surface area (Å²) >= 11 is 0. The van der Waals surface area contributed by atoms with Crippen molar-refractivity contribution in [3.8, 4) is 0 Å². The highest BCUT2D eigenvalue weighted by atomic mass is 16.3. The Kier molecular flexibility index (Phi) is 5.30. The van der Waals surface area contributed by atoms with Gasteiger partial charge in [-0.15, -0.1) is 0 Å². The Morgan fingerprint density at radius 3 is 1.88 bits per heavy atom. The maximum Gasteiger partial charge on any atom is 0.187 e. The summed E-state index contributed by atoms with van der Waals surface area (Å²) in [4.78, 5) is 13.1. The van der Waals surface area contributed by atoms with Crippen molar-refractivity contribution < 1.29 is 9.90 Å². The molecule has 0 heterocycles. The standard InChI is InChI=1S/C23H24O2/c1-18(16-19-10-4-2-5-11-19)22(24)21(23(25)14-8-9-15-23)17-20-12-6-3-7-13-20/h2-7,10-13,16-17,25H,8-9,14-15H2,1H3/b18-16+,21-17-. The predicted octanol–water partition coefficient (Wildman–Crippen LogP) is 5.05. The molecule has 2 heteroatoms. The molecule has 1 fully saturated rings. The fourth-order valence-electron chi connectivity index (χ4n) is 3.43. The van der Waals surface area contributed by atoms with E-state index < -0.39 is 5.60 Å². The van der Waals surface area contributed by atoms with Crippen LogP contribution in [0.3, 0.4) is 0 Å². The minimum atomic E-state index is -1.02. The fourth-order valence-corrected chi connectivity index (χ4v) is 3.43. The summed E-state index contributed by atoms with van der Waals surface area (Å²) in [6, 6.07) is 19.6. The number of carbonyl (C=O) groups excluding carboxylic acids is 1. The van der Waals surface area contributed by atoms with E-state index >= 15 is 0 Å². The summed E-state index contributed by atoms with van der Waals surface area (Å²) in [5.41, 5.74) is 2.08. The lowest BCUT2D eigenvalue weighted by Crippen LogP contribution is -2.32. The average molecular weight is 332 g/mol. The summed E-state index contributed by atoms with van der Waals surface area (Å²) in [6.07, 6.45) is 6.95. The van der Waals surface area contributed by atoms with Crippen LogP contribution in [0.15, 0.2) is 71.8 Å². The quantitative estimate of drug-likeness (QED) is 0.778. The van der Waals surface area contributed by atoms with Crippen LogP contribution >= 0.6 is 0 Å². The molecule has 2 nitrogen and oxygen atoms in total. The Morgan fingerprint density at radius 1 is 0.880 bits per heavy atom. The van der Waals surface area contributed by atoms with E-state index in [-0.39, 0.29) is 5.78 Å². The Labute approximate surface area is 149 Å². The van der Waals surface area contributed by atoms with Crippen LogP contribution in [0.25, 0.3) is 12.2 Å². The van der Waals surface area contributed by atoms with Gasteiger partial charge in [0.05, 0.1) is 5.60 Å². The van der Waals surface area contributed by atoms with E-state index in [0.717, 1.165) is 24.0 Å². The van der Waals surface area contributed by atoms with Crippen molar-refractivity contribution in [1.29, 1.82) is 0 Å². The first-order valence-electron chi connectivity index (χ1n) is 8.86. The highest BCUT2D eigenvalue weighted by Crippen LogP contribution is 2.38. The monoisotopic (exact) mass is 332 g/mol. The Bertz CT molecular complexity index is 779. The van der Waals surface area contributed by atoms with E-state index in [1.807, 2.05) is 79.7 Å². The van der Waals surface area contributed by atoms with Crippen LogP contribution < -0.4 is 0 Å². The van der Waals surface area contributed by atoms with Gasteiger partial charge in [-0.05, 0) is 48.6 Å². The van der Waals surface area contributed by atoms with Crippen molar-refractivity contribution in [3.05, 3.63) is 82.9 Å². The second kappa shape index (κ2) is 7.62. The molecule has 0 amide bonds. The highest BCUT2D eigenvalue weighted by Gasteiger charge is 2.38. The van der Waals surface area contributed by atoms with Crippen LogP contribution in [0.1, 0.15) is 43.7 Å². The molecule has 0 atom stereocenters. The number of hydrogen-bond donors (Lipinski definition) is 1. The summed E-state index contributed by atoms with van der Waals surface area (Å²) in [5, 5.41) is 11.1. The molecular weight excluding hydrogens is 308 g/mol. The zero-order valence-corrected chi connectivity index (χ0v) is 14.6. The summed E-state index contributed by atoms with van der Waals surface area (Å²) in [6.45, 7) is 1.83. The van der Waals surface area contributed by atoms with Crippen molar-refractivity contribution in [3.63, 3.8) is 0 Å². The first-order chi connectivity index (χ1) is 12.1. The van der Waals surface area contributed by atoms with Gasteiger partial charge in [0.25, 0.3) is 0 Å². The number of ketones is 1. The highest BCUT2D eigenvalue weighted by molar-refractivity contribution is 6.14. The molecule has 3 rings (SSSR count). The van der Waals surface area contributed by atoms with Gasteiger partial charge in [-0.1, -0.05) is 73.5 Å². The lowest BCUT2D eigenvalue weighted by molar-refractivity contribution is -0.114. The molecule has 1 N–H and O–H groups in total. The second-order valence-corrected chi connectivity index (χ2v) is 6.77. The van der Waals surface area contributed by atoms with Crippen molar-refractivity contribution in [2.75, 3.05) is 0 Å². The molecule has 0 bridgehead atoms.